The first kappa shape index (κ1) is 19.5. The maximum Gasteiger partial charge on any atom is 0.255 e. The van der Waals surface area contributed by atoms with Crippen molar-refractivity contribution in [1.82, 2.24) is 24.1 Å². The molecule has 1 amide bonds. The third-order valence-corrected chi connectivity index (χ3v) is 4.92. The number of anilines is 1. The number of pyridine rings is 1. The van der Waals surface area contributed by atoms with Crippen molar-refractivity contribution >= 4 is 17.2 Å². The molecule has 8 heteroatoms. The van der Waals surface area contributed by atoms with Crippen LogP contribution in [0.3, 0.4) is 0 Å². The molecule has 158 valence electrons. The van der Waals surface area contributed by atoms with E-state index in [1.807, 2.05) is 65.3 Å². The summed E-state index contributed by atoms with van der Waals surface area (Å²) in [6.07, 6.45) is 7.04. The highest BCUT2D eigenvalue weighted by molar-refractivity contribution is 6.04. The van der Waals surface area contributed by atoms with E-state index in [-0.39, 0.29) is 5.91 Å². The van der Waals surface area contributed by atoms with Gasteiger partial charge in [-0.25, -0.2) is 14.6 Å². The Labute approximate surface area is 184 Å². The third-order valence-electron chi connectivity index (χ3n) is 4.92. The standard InChI is InChI=1S/C24H20N6O2/c31-24(19-9-7-18(8-10-19)13-30-17-25-16-26-30)28-20-4-3-5-22(12-20)32-15-21-14-29-11-2-1-6-23(29)27-21/h1-12,14,16-17H,13,15H2,(H,28,31). The number of ether oxygens (including phenoxy) is 1. The topological polar surface area (TPSA) is 86.3 Å². The molecule has 0 aliphatic heterocycles. The van der Waals surface area contributed by atoms with Crippen molar-refractivity contribution in [3.05, 3.63) is 109 Å². The fourth-order valence-corrected chi connectivity index (χ4v) is 3.34. The van der Waals surface area contributed by atoms with Crippen LogP contribution in [0.25, 0.3) is 5.65 Å². The number of aromatic nitrogens is 5. The summed E-state index contributed by atoms with van der Waals surface area (Å²) in [5, 5.41) is 7.00. The Morgan fingerprint density at radius 1 is 1.03 bits per heavy atom. The van der Waals surface area contributed by atoms with Crippen LogP contribution < -0.4 is 10.1 Å². The van der Waals surface area contributed by atoms with Gasteiger partial charge in [0.25, 0.3) is 5.91 Å². The molecule has 1 N–H and O–H groups in total. The molecule has 2 aromatic carbocycles. The van der Waals surface area contributed by atoms with Gasteiger partial charge in [-0.2, -0.15) is 5.10 Å². The SMILES string of the molecule is O=C(Nc1cccc(OCc2cn3ccccc3n2)c1)c1ccc(Cn2cncn2)cc1. The van der Waals surface area contributed by atoms with Crippen LogP contribution in [0.2, 0.25) is 0 Å². The molecular formula is C24H20N6O2. The average molecular weight is 424 g/mol. The summed E-state index contributed by atoms with van der Waals surface area (Å²) in [5.74, 6) is 0.470. The molecule has 0 aliphatic carbocycles. The van der Waals surface area contributed by atoms with Crippen LogP contribution in [-0.4, -0.2) is 30.1 Å². The van der Waals surface area contributed by atoms with Gasteiger partial charge in [0.15, 0.2) is 0 Å². The largest absolute Gasteiger partial charge is 0.487 e. The minimum atomic E-state index is -0.185. The first-order valence-electron chi connectivity index (χ1n) is 10.1. The summed E-state index contributed by atoms with van der Waals surface area (Å²) < 4.78 is 9.55. The molecular weight excluding hydrogens is 404 g/mol. The first-order chi connectivity index (χ1) is 15.7. The molecule has 0 bridgehead atoms. The second-order valence-corrected chi connectivity index (χ2v) is 7.26. The van der Waals surface area contributed by atoms with E-state index in [1.165, 1.54) is 6.33 Å². The lowest BCUT2D eigenvalue weighted by atomic mass is 10.1. The molecule has 0 aliphatic rings. The Hall–Kier alpha value is -4.46. The van der Waals surface area contributed by atoms with Gasteiger partial charge in [0, 0.05) is 29.7 Å². The van der Waals surface area contributed by atoms with Crippen LogP contribution >= 0.6 is 0 Å². The smallest absolute Gasteiger partial charge is 0.255 e. The molecule has 0 fully saturated rings. The van der Waals surface area contributed by atoms with Crippen LogP contribution in [0.5, 0.6) is 5.75 Å². The van der Waals surface area contributed by atoms with Gasteiger partial charge in [0.05, 0.1) is 12.2 Å². The van der Waals surface area contributed by atoms with Crippen molar-refractivity contribution < 1.29 is 9.53 Å². The molecule has 0 saturated heterocycles. The zero-order valence-corrected chi connectivity index (χ0v) is 17.1. The summed E-state index contributed by atoms with van der Waals surface area (Å²) in [6, 6.07) is 20.6. The van der Waals surface area contributed by atoms with Crippen molar-refractivity contribution in [1.29, 1.82) is 0 Å². The maximum absolute atomic E-state index is 12.6. The Morgan fingerprint density at radius 2 is 1.94 bits per heavy atom. The highest BCUT2D eigenvalue weighted by atomic mass is 16.5. The Kier molecular flexibility index (Phi) is 5.32. The minimum absolute atomic E-state index is 0.185. The monoisotopic (exact) mass is 424 g/mol. The number of rotatable bonds is 7. The summed E-state index contributed by atoms with van der Waals surface area (Å²) in [5.41, 5.74) is 3.97. The van der Waals surface area contributed by atoms with Gasteiger partial charge in [-0.3, -0.25) is 4.79 Å². The lowest BCUT2D eigenvalue weighted by Gasteiger charge is -2.09. The van der Waals surface area contributed by atoms with E-state index in [1.54, 1.807) is 29.2 Å². The van der Waals surface area contributed by atoms with E-state index in [0.29, 0.717) is 30.2 Å². The number of nitrogens with one attached hydrogen (secondary N) is 1. The van der Waals surface area contributed by atoms with E-state index in [9.17, 15) is 4.79 Å². The summed E-state index contributed by atoms with van der Waals surface area (Å²) in [4.78, 5) is 21.1. The molecule has 5 aromatic rings. The van der Waals surface area contributed by atoms with Crippen LogP contribution in [-0.2, 0) is 13.2 Å². The van der Waals surface area contributed by atoms with Gasteiger partial charge < -0.3 is 14.5 Å². The molecule has 0 radical (unpaired) electrons. The molecule has 0 atom stereocenters. The molecule has 8 nitrogen and oxygen atoms in total. The van der Waals surface area contributed by atoms with E-state index >= 15 is 0 Å². The predicted octanol–water partition coefficient (Wildman–Crippen LogP) is 3.81. The quantitative estimate of drug-likeness (QED) is 0.429. The zero-order chi connectivity index (χ0) is 21.8. The Balaban J connectivity index is 1.20. The van der Waals surface area contributed by atoms with Gasteiger partial charge in [-0.1, -0.05) is 24.3 Å². The molecule has 0 spiro atoms. The fraction of sp³-hybridized carbons (Fsp3) is 0.0833. The van der Waals surface area contributed by atoms with Crippen molar-refractivity contribution in [3.8, 4) is 5.75 Å². The van der Waals surface area contributed by atoms with Crippen molar-refractivity contribution in [2.75, 3.05) is 5.32 Å². The minimum Gasteiger partial charge on any atom is -0.487 e. The number of amides is 1. The van der Waals surface area contributed by atoms with Gasteiger partial charge in [-0.05, 0) is 42.0 Å². The molecule has 5 rings (SSSR count). The number of imidazole rings is 1. The van der Waals surface area contributed by atoms with Gasteiger partial charge in [0.2, 0.25) is 0 Å². The van der Waals surface area contributed by atoms with Gasteiger partial charge >= 0.3 is 0 Å². The molecule has 3 aromatic heterocycles. The van der Waals surface area contributed by atoms with E-state index in [4.69, 9.17) is 4.74 Å². The van der Waals surface area contributed by atoms with Gasteiger partial charge in [-0.15, -0.1) is 0 Å². The van der Waals surface area contributed by atoms with E-state index in [0.717, 1.165) is 16.9 Å². The lowest BCUT2D eigenvalue weighted by molar-refractivity contribution is 0.102. The number of hydrogen-bond acceptors (Lipinski definition) is 5. The van der Waals surface area contributed by atoms with Crippen LogP contribution in [0.4, 0.5) is 5.69 Å². The number of benzene rings is 2. The number of carbonyl (C=O) groups is 1. The fourth-order valence-electron chi connectivity index (χ4n) is 3.34. The average Bonchev–Trinajstić information content (AvgIpc) is 3.48. The van der Waals surface area contributed by atoms with Crippen molar-refractivity contribution in [2.24, 2.45) is 0 Å². The molecule has 0 saturated carbocycles. The zero-order valence-electron chi connectivity index (χ0n) is 17.1. The second kappa shape index (κ2) is 8.73. The highest BCUT2D eigenvalue weighted by Gasteiger charge is 2.08. The molecule has 32 heavy (non-hydrogen) atoms. The lowest BCUT2D eigenvalue weighted by Crippen LogP contribution is -2.12. The van der Waals surface area contributed by atoms with Crippen molar-refractivity contribution in [2.45, 2.75) is 13.2 Å². The highest BCUT2D eigenvalue weighted by Crippen LogP contribution is 2.20. The first-order valence-corrected chi connectivity index (χ1v) is 10.1. The number of fused-ring (bicyclic) bond motifs is 1. The molecule has 3 heterocycles. The Bertz CT molecular complexity index is 1310. The molecule has 0 unspecified atom stereocenters. The van der Waals surface area contributed by atoms with Crippen LogP contribution in [0, 0.1) is 0 Å². The predicted molar refractivity (Wildman–Crippen MR) is 119 cm³/mol. The van der Waals surface area contributed by atoms with Crippen molar-refractivity contribution in [3.63, 3.8) is 0 Å². The normalized spacial score (nSPS) is 10.9. The summed E-state index contributed by atoms with van der Waals surface area (Å²) in [6.45, 7) is 0.944. The second-order valence-electron chi connectivity index (χ2n) is 7.26. The number of hydrogen-bond donors (Lipinski definition) is 1. The van der Waals surface area contributed by atoms with E-state index in [2.05, 4.69) is 20.4 Å². The Morgan fingerprint density at radius 3 is 2.75 bits per heavy atom. The van der Waals surface area contributed by atoms with Crippen LogP contribution in [0.1, 0.15) is 21.6 Å². The third kappa shape index (κ3) is 4.49. The number of nitrogens with zero attached hydrogens (tertiary/aromatic N) is 5. The number of carbonyl (C=O) groups excluding carboxylic acids is 1. The summed E-state index contributed by atoms with van der Waals surface area (Å²) in [7, 11) is 0. The summed E-state index contributed by atoms with van der Waals surface area (Å²) >= 11 is 0. The van der Waals surface area contributed by atoms with Crippen LogP contribution in [0.15, 0.2) is 91.8 Å². The maximum atomic E-state index is 12.6. The van der Waals surface area contributed by atoms with Gasteiger partial charge in [0.1, 0.15) is 30.7 Å². The van der Waals surface area contributed by atoms with E-state index < -0.39 is 0 Å².